The Kier molecular flexibility index (Phi) is 5.48. The van der Waals surface area contributed by atoms with Crippen LogP contribution in [0, 0.1) is 0 Å². The third kappa shape index (κ3) is 4.37. The molecular formula is C13H18ClNO3S. The molecule has 4 nitrogen and oxygen atoms in total. The number of nitrogens with one attached hydrogen (secondary N) is 1. The van der Waals surface area contributed by atoms with Crippen LogP contribution < -0.4 is 14.8 Å². The van der Waals surface area contributed by atoms with Crippen LogP contribution >= 0.6 is 11.6 Å². The standard InChI is InChI=1S/C13H18ClNO3S/c1-19(16)6-2-3-15-9-10-7-11(14)13-12(8-10)17-4-5-18-13/h7-8,15H,2-6,9H2,1H3. The van der Waals surface area contributed by atoms with E-state index in [4.69, 9.17) is 21.1 Å². The fourth-order valence-electron chi connectivity index (χ4n) is 1.90. The van der Waals surface area contributed by atoms with Gasteiger partial charge >= 0.3 is 0 Å². The van der Waals surface area contributed by atoms with Gasteiger partial charge in [0.15, 0.2) is 11.5 Å². The first kappa shape index (κ1) is 14.6. The van der Waals surface area contributed by atoms with Gasteiger partial charge in [-0.1, -0.05) is 11.6 Å². The molecule has 0 bridgehead atoms. The highest BCUT2D eigenvalue weighted by Crippen LogP contribution is 2.38. The Morgan fingerprint density at radius 2 is 2.16 bits per heavy atom. The number of hydrogen-bond acceptors (Lipinski definition) is 4. The molecule has 1 aliphatic rings. The smallest absolute Gasteiger partial charge is 0.179 e. The van der Waals surface area contributed by atoms with Gasteiger partial charge in [-0.15, -0.1) is 0 Å². The summed E-state index contributed by atoms with van der Waals surface area (Å²) in [5.74, 6) is 2.08. The molecule has 2 rings (SSSR count). The number of benzene rings is 1. The maximum atomic E-state index is 10.9. The molecule has 0 aromatic heterocycles. The van der Waals surface area contributed by atoms with Crippen molar-refractivity contribution in [3.05, 3.63) is 22.7 Å². The van der Waals surface area contributed by atoms with Crippen molar-refractivity contribution in [1.82, 2.24) is 5.32 Å². The average Bonchev–Trinajstić information content (AvgIpc) is 2.38. The molecule has 1 unspecified atom stereocenters. The Morgan fingerprint density at radius 1 is 1.37 bits per heavy atom. The third-order valence-electron chi connectivity index (χ3n) is 2.77. The van der Waals surface area contributed by atoms with E-state index in [-0.39, 0.29) is 0 Å². The molecule has 1 heterocycles. The van der Waals surface area contributed by atoms with E-state index in [2.05, 4.69) is 5.32 Å². The molecule has 1 aliphatic heterocycles. The number of fused-ring (bicyclic) bond motifs is 1. The molecule has 0 spiro atoms. The van der Waals surface area contributed by atoms with Crippen LogP contribution in [0.3, 0.4) is 0 Å². The zero-order chi connectivity index (χ0) is 13.7. The summed E-state index contributed by atoms with van der Waals surface area (Å²) < 4.78 is 21.9. The van der Waals surface area contributed by atoms with Crippen molar-refractivity contribution in [3.8, 4) is 11.5 Å². The first-order valence-corrected chi connectivity index (χ1v) is 8.36. The Morgan fingerprint density at radius 3 is 2.95 bits per heavy atom. The molecule has 1 N–H and O–H groups in total. The molecule has 19 heavy (non-hydrogen) atoms. The predicted molar refractivity (Wildman–Crippen MR) is 77.7 cm³/mol. The summed E-state index contributed by atoms with van der Waals surface area (Å²) in [4.78, 5) is 0. The van der Waals surface area contributed by atoms with Crippen LogP contribution in [0.25, 0.3) is 0 Å². The van der Waals surface area contributed by atoms with Gasteiger partial charge in [0, 0.05) is 29.4 Å². The summed E-state index contributed by atoms with van der Waals surface area (Å²) in [6.45, 7) is 2.65. The monoisotopic (exact) mass is 303 g/mol. The first-order chi connectivity index (χ1) is 9.16. The number of halogens is 1. The maximum Gasteiger partial charge on any atom is 0.179 e. The normalized spacial score (nSPS) is 15.3. The van der Waals surface area contributed by atoms with E-state index in [9.17, 15) is 4.21 Å². The molecule has 0 saturated heterocycles. The second kappa shape index (κ2) is 7.12. The number of ether oxygens (including phenoxy) is 2. The van der Waals surface area contributed by atoms with Gasteiger partial charge in [-0.05, 0) is 30.7 Å². The molecule has 1 atom stereocenters. The van der Waals surface area contributed by atoms with E-state index in [0.29, 0.717) is 36.3 Å². The van der Waals surface area contributed by atoms with Gasteiger partial charge in [-0.2, -0.15) is 0 Å². The van der Waals surface area contributed by atoms with Crippen molar-refractivity contribution in [2.75, 3.05) is 31.8 Å². The minimum atomic E-state index is -0.717. The third-order valence-corrected chi connectivity index (χ3v) is 3.92. The number of hydrogen-bond donors (Lipinski definition) is 1. The lowest BCUT2D eigenvalue weighted by Gasteiger charge is -2.20. The summed E-state index contributed by atoms with van der Waals surface area (Å²) >= 11 is 6.16. The lowest BCUT2D eigenvalue weighted by Crippen LogP contribution is -2.18. The van der Waals surface area contributed by atoms with Gasteiger partial charge < -0.3 is 14.8 Å². The molecule has 0 aliphatic carbocycles. The molecule has 0 amide bonds. The number of rotatable bonds is 6. The summed E-state index contributed by atoms with van der Waals surface area (Å²) in [6.07, 6.45) is 2.63. The highest BCUT2D eigenvalue weighted by molar-refractivity contribution is 7.84. The van der Waals surface area contributed by atoms with Gasteiger partial charge in [0.25, 0.3) is 0 Å². The van der Waals surface area contributed by atoms with E-state index in [1.165, 1.54) is 0 Å². The van der Waals surface area contributed by atoms with Crippen molar-refractivity contribution < 1.29 is 13.7 Å². The SMILES string of the molecule is CS(=O)CCCNCc1cc(Cl)c2c(c1)OCCO2. The van der Waals surface area contributed by atoms with E-state index >= 15 is 0 Å². The van der Waals surface area contributed by atoms with Gasteiger partial charge in [-0.25, -0.2) is 0 Å². The van der Waals surface area contributed by atoms with Gasteiger partial charge in [0.2, 0.25) is 0 Å². The van der Waals surface area contributed by atoms with Crippen LogP contribution in [0.4, 0.5) is 0 Å². The summed E-state index contributed by atoms with van der Waals surface area (Å²) in [7, 11) is -0.717. The van der Waals surface area contributed by atoms with Crippen molar-refractivity contribution in [1.29, 1.82) is 0 Å². The van der Waals surface area contributed by atoms with E-state index in [0.717, 1.165) is 24.3 Å². The van der Waals surface area contributed by atoms with Crippen molar-refractivity contribution >= 4 is 22.4 Å². The van der Waals surface area contributed by atoms with Crippen LogP contribution in [0.2, 0.25) is 5.02 Å². The Hall–Kier alpha value is -0.780. The van der Waals surface area contributed by atoms with Gasteiger partial charge in [0.1, 0.15) is 13.2 Å². The summed E-state index contributed by atoms with van der Waals surface area (Å²) in [6, 6.07) is 3.84. The minimum absolute atomic E-state index is 0.540. The minimum Gasteiger partial charge on any atom is -0.486 e. The molecular weight excluding hydrogens is 286 g/mol. The molecule has 1 aromatic carbocycles. The fourth-order valence-corrected chi connectivity index (χ4v) is 2.74. The Bertz CT molecular complexity index is 467. The molecule has 0 fully saturated rings. The van der Waals surface area contributed by atoms with Crippen molar-refractivity contribution in [3.63, 3.8) is 0 Å². The van der Waals surface area contributed by atoms with Gasteiger partial charge in [-0.3, -0.25) is 4.21 Å². The molecule has 0 saturated carbocycles. The van der Waals surface area contributed by atoms with Gasteiger partial charge in [0.05, 0.1) is 5.02 Å². The zero-order valence-corrected chi connectivity index (χ0v) is 12.5. The quantitative estimate of drug-likeness (QED) is 0.816. The predicted octanol–water partition coefficient (Wildman–Crippen LogP) is 1.97. The largest absolute Gasteiger partial charge is 0.486 e. The average molecular weight is 304 g/mol. The summed E-state index contributed by atoms with van der Waals surface area (Å²) in [5.41, 5.74) is 1.06. The van der Waals surface area contributed by atoms with Crippen LogP contribution in [-0.2, 0) is 17.3 Å². The molecule has 106 valence electrons. The van der Waals surface area contributed by atoms with Crippen molar-refractivity contribution in [2.24, 2.45) is 0 Å². The van der Waals surface area contributed by atoms with Crippen LogP contribution in [0.5, 0.6) is 11.5 Å². The van der Waals surface area contributed by atoms with Crippen molar-refractivity contribution in [2.45, 2.75) is 13.0 Å². The highest BCUT2D eigenvalue weighted by Gasteiger charge is 2.16. The molecule has 6 heteroatoms. The summed E-state index contributed by atoms with van der Waals surface area (Å²) in [5, 5.41) is 3.89. The Labute approximate surface area is 120 Å². The van der Waals surface area contributed by atoms with E-state index < -0.39 is 10.8 Å². The highest BCUT2D eigenvalue weighted by atomic mass is 35.5. The van der Waals surface area contributed by atoms with Crippen LogP contribution in [0.15, 0.2) is 12.1 Å². The first-order valence-electron chi connectivity index (χ1n) is 6.25. The second-order valence-electron chi connectivity index (χ2n) is 4.41. The molecule has 1 aromatic rings. The maximum absolute atomic E-state index is 10.9. The molecule has 0 radical (unpaired) electrons. The Balaban J connectivity index is 1.87. The lowest BCUT2D eigenvalue weighted by molar-refractivity contribution is 0.171. The van der Waals surface area contributed by atoms with Crippen LogP contribution in [-0.4, -0.2) is 36.0 Å². The topological polar surface area (TPSA) is 47.6 Å². The van der Waals surface area contributed by atoms with E-state index in [1.807, 2.05) is 12.1 Å². The fraction of sp³-hybridized carbons (Fsp3) is 0.538. The lowest BCUT2D eigenvalue weighted by atomic mass is 10.2. The zero-order valence-electron chi connectivity index (χ0n) is 10.9. The van der Waals surface area contributed by atoms with Crippen LogP contribution in [0.1, 0.15) is 12.0 Å². The van der Waals surface area contributed by atoms with E-state index in [1.54, 1.807) is 6.26 Å². The second-order valence-corrected chi connectivity index (χ2v) is 6.37.